The van der Waals surface area contributed by atoms with E-state index in [1.807, 2.05) is 0 Å². The molecular weight excluding hydrogens is 342 g/mol. The third kappa shape index (κ3) is 3.37. The quantitative estimate of drug-likeness (QED) is 0.783. The summed E-state index contributed by atoms with van der Waals surface area (Å²) in [6, 6.07) is 8.52. The summed E-state index contributed by atoms with van der Waals surface area (Å²) in [5, 5.41) is 9.20. The molecule has 0 N–H and O–H groups in total. The Balaban J connectivity index is 1.74. The standard InChI is InChI=1S/C17H19N3O4S/c1-19(14-6-7-25(23,24)11-14)17(22)13-8-16(21)20(10-13)15-5-3-2-4-12(15)9-18/h2-5,13-14H,6-8,10-11H2,1H3. The number of benzene rings is 1. The van der Waals surface area contributed by atoms with E-state index in [-0.39, 0.29) is 42.3 Å². The summed E-state index contributed by atoms with van der Waals surface area (Å²) in [5.74, 6) is -0.856. The zero-order chi connectivity index (χ0) is 18.2. The maximum Gasteiger partial charge on any atom is 0.228 e. The van der Waals surface area contributed by atoms with E-state index in [0.29, 0.717) is 17.7 Å². The van der Waals surface area contributed by atoms with Gasteiger partial charge in [0.25, 0.3) is 0 Å². The first kappa shape index (κ1) is 17.4. The zero-order valence-corrected chi connectivity index (χ0v) is 14.7. The van der Waals surface area contributed by atoms with Crippen LogP contribution in [0.1, 0.15) is 18.4 Å². The van der Waals surface area contributed by atoms with Gasteiger partial charge in [-0.1, -0.05) is 12.1 Å². The largest absolute Gasteiger partial charge is 0.341 e. The molecule has 2 atom stereocenters. The summed E-state index contributed by atoms with van der Waals surface area (Å²) in [5.41, 5.74) is 0.899. The molecule has 2 aliphatic heterocycles. The van der Waals surface area contributed by atoms with Crippen LogP contribution in [0.2, 0.25) is 0 Å². The molecule has 2 amide bonds. The molecule has 0 spiro atoms. The third-order valence-corrected chi connectivity index (χ3v) is 6.64. The van der Waals surface area contributed by atoms with Crippen LogP contribution in [0.3, 0.4) is 0 Å². The van der Waals surface area contributed by atoms with Gasteiger partial charge in [-0.05, 0) is 18.6 Å². The topological polar surface area (TPSA) is 98.5 Å². The summed E-state index contributed by atoms with van der Waals surface area (Å²) >= 11 is 0. The van der Waals surface area contributed by atoms with E-state index in [1.165, 1.54) is 9.80 Å². The van der Waals surface area contributed by atoms with Gasteiger partial charge in [0.2, 0.25) is 11.8 Å². The monoisotopic (exact) mass is 361 g/mol. The van der Waals surface area contributed by atoms with Gasteiger partial charge >= 0.3 is 0 Å². The first-order valence-corrected chi connectivity index (χ1v) is 9.91. The van der Waals surface area contributed by atoms with Gasteiger partial charge in [0.1, 0.15) is 6.07 Å². The zero-order valence-electron chi connectivity index (χ0n) is 13.9. The van der Waals surface area contributed by atoms with Crippen LogP contribution in [-0.2, 0) is 19.4 Å². The fourth-order valence-corrected chi connectivity index (χ4v) is 5.23. The molecule has 2 heterocycles. The van der Waals surface area contributed by atoms with Crippen molar-refractivity contribution in [3.63, 3.8) is 0 Å². The first-order chi connectivity index (χ1) is 11.8. The van der Waals surface area contributed by atoms with E-state index in [9.17, 15) is 23.3 Å². The van der Waals surface area contributed by atoms with Crippen molar-refractivity contribution in [1.82, 2.24) is 4.90 Å². The molecule has 0 saturated carbocycles. The van der Waals surface area contributed by atoms with Crippen molar-refractivity contribution in [3.05, 3.63) is 29.8 Å². The van der Waals surface area contributed by atoms with Crippen molar-refractivity contribution in [3.8, 4) is 6.07 Å². The number of anilines is 1. The van der Waals surface area contributed by atoms with Crippen LogP contribution in [0.4, 0.5) is 5.69 Å². The third-order valence-electron chi connectivity index (χ3n) is 4.89. The second kappa shape index (κ2) is 6.48. The van der Waals surface area contributed by atoms with Gasteiger partial charge in [-0.25, -0.2) is 8.42 Å². The number of amides is 2. The average Bonchev–Trinajstić information content (AvgIpc) is 3.15. The summed E-state index contributed by atoms with van der Waals surface area (Å²) in [6.07, 6.45) is 0.509. The van der Waals surface area contributed by atoms with Gasteiger partial charge in [0.15, 0.2) is 9.84 Å². The average molecular weight is 361 g/mol. The number of nitriles is 1. The van der Waals surface area contributed by atoms with Crippen LogP contribution in [0.5, 0.6) is 0 Å². The minimum absolute atomic E-state index is 0.0170. The Morgan fingerprint density at radius 1 is 1.36 bits per heavy atom. The van der Waals surface area contributed by atoms with E-state index < -0.39 is 15.8 Å². The van der Waals surface area contributed by atoms with Crippen molar-refractivity contribution < 1.29 is 18.0 Å². The lowest BCUT2D eigenvalue weighted by Gasteiger charge is -2.26. The molecule has 25 heavy (non-hydrogen) atoms. The van der Waals surface area contributed by atoms with Crippen LogP contribution in [0, 0.1) is 17.2 Å². The highest BCUT2D eigenvalue weighted by Gasteiger charge is 2.40. The lowest BCUT2D eigenvalue weighted by molar-refractivity contribution is -0.136. The SMILES string of the molecule is CN(C(=O)C1CC(=O)N(c2ccccc2C#N)C1)C1CCS(=O)(=O)C1. The van der Waals surface area contributed by atoms with Crippen molar-refractivity contribution in [1.29, 1.82) is 5.26 Å². The smallest absolute Gasteiger partial charge is 0.228 e. The number of rotatable bonds is 3. The molecule has 8 heteroatoms. The Bertz CT molecular complexity index is 859. The van der Waals surface area contributed by atoms with Crippen LogP contribution in [0.25, 0.3) is 0 Å². The molecule has 7 nitrogen and oxygen atoms in total. The molecule has 0 aromatic heterocycles. The number of carbonyl (C=O) groups excluding carboxylic acids is 2. The number of sulfone groups is 1. The molecule has 1 aromatic rings. The molecule has 2 unspecified atom stereocenters. The van der Waals surface area contributed by atoms with Crippen LogP contribution < -0.4 is 4.90 Å². The molecule has 1 aromatic carbocycles. The van der Waals surface area contributed by atoms with Gasteiger partial charge in [0.05, 0.1) is 28.7 Å². The van der Waals surface area contributed by atoms with Gasteiger partial charge in [-0.2, -0.15) is 5.26 Å². The lowest BCUT2D eigenvalue weighted by Crippen LogP contribution is -2.42. The molecule has 0 bridgehead atoms. The van der Waals surface area contributed by atoms with Crippen molar-refractivity contribution in [2.24, 2.45) is 5.92 Å². The number of para-hydroxylation sites is 1. The van der Waals surface area contributed by atoms with Crippen LogP contribution >= 0.6 is 0 Å². The van der Waals surface area contributed by atoms with E-state index in [2.05, 4.69) is 6.07 Å². The second-order valence-electron chi connectivity index (χ2n) is 6.54. The highest BCUT2D eigenvalue weighted by atomic mass is 32.2. The summed E-state index contributed by atoms with van der Waals surface area (Å²) < 4.78 is 23.2. The molecule has 2 aliphatic rings. The number of hydrogen-bond donors (Lipinski definition) is 0. The Hall–Kier alpha value is -2.40. The fourth-order valence-electron chi connectivity index (χ4n) is 3.46. The van der Waals surface area contributed by atoms with Crippen molar-refractivity contribution in [2.75, 3.05) is 30.0 Å². The van der Waals surface area contributed by atoms with E-state index in [0.717, 1.165) is 0 Å². The number of nitrogens with zero attached hydrogens (tertiary/aromatic N) is 3. The lowest BCUT2D eigenvalue weighted by atomic mass is 10.1. The molecule has 3 rings (SSSR count). The fraction of sp³-hybridized carbons (Fsp3) is 0.471. The van der Waals surface area contributed by atoms with E-state index in [4.69, 9.17) is 0 Å². The van der Waals surface area contributed by atoms with Gasteiger partial charge in [-0.15, -0.1) is 0 Å². The molecule has 2 fully saturated rings. The molecular formula is C17H19N3O4S. The molecule has 0 aliphatic carbocycles. The predicted molar refractivity (Wildman–Crippen MR) is 91.4 cm³/mol. The van der Waals surface area contributed by atoms with E-state index >= 15 is 0 Å². The Morgan fingerprint density at radius 2 is 2.08 bits per heavy atom. The normalized spacial score (nSPS) is 25.0. The van der Waals surface area contributed by atoms with Gasteiger partial charge in [-0.3, -0.25) is 9.59 Å². The molecule has 132 valence electrons. The predicted octanol–water partition coefficient (Wildman–Crippen LogP) is 0.557. The highest BCUT2D eigenvalue weighted by molar-refractivity contribution is 7.91. The second-order valence-corrected chi connectivity index (χ2v) is 8.77. The van der Waals surface area contributed by atoms with Crippen molar-refractivity contribution >= 4 is 27.3 Å². The van der Waals surface area contributed by atoms with Crippen molar-refractivity contribution in [2.45, 2.75) is 18.9 Å². The maximum atomic E-state index is 12.7. The summed E-state index contributed by atoms with van der Waals surface area (Å²) in [4.78, 5) is 28.0. The van der Waals surface area contributed by atoms with Crippen LogP contribution in [0.15, 0.2) is 24.3 Å². The molecule has 0 radical (unpaired) electrons. The Labute approximate surface area is 146 Å². The van der Waals surface area contributed by atoms with Crippen LogP contribution in [-0.4, -0.2) is 56.3 Å². The molecule has 2 saturated heterocycles. The van der Waals surface area contributed by atoms with Gasteiger partial charge < -0.3 is 9.80 Å². The Kier molecular flexibility index (Phi) is 4.52. The summed E-state index contributed by atoms with van der Waals surface area (Å²) in [7, 11) is -1.48. The minimum Gasteiger partial charge on any atom is -0.341 e. The Morgan fingerprint density at radius 3 is 2.72 bits per heavy atom. The number of hydrogen-bond acceptors (Lipinski definition) is 5. The summed E-state index contributed by atoms with van der Waals surface area (Å²) in [6.45, 7) is 0.209. The van der Waals surface area contributed by atoms with E-state index in [1.54, 1.807) is 31.3 Å². The maximum absolute atomic E-state index is 12.7. The first-order valence-electron chi connectivity index (χ1n) is 8.09. The minimum atomic E-state index is -3.08. The highest BCUT2D eigenvalue weighted by Crippen LogP contribution is 2.29. The number of carbonyl (C=O) groups is 2. The van der Waals surface area contributed by atoms with Gasteiger partial charge in [0, 0.05) is 26.1 Å².